The molecule has 0 saturated heterocycles. The number of rotatable bonds is 5. The molecule has 0 aliphatic carbocycles. The Kier molecular flexibility index (Phi) is 4.33. The van der Waals surface area contributed by atoms with E-state index >= 15 is 0 Å². The molecule has 15 heavy (non-hydrogen) atoms. The zero-order valence-electron chi connectivity index (χ0n) is 8.55. The van der Waals surface area contributed by atoms with Crippen molar-refractivity contribution >= 4 is 5.84 Å². The van der Waals surface area contributed by atoms with Gasteiger partial charge < -0.3 is 15.7 Å². The number of oxime groups is 1. The summed E-state index contributed by atoms with van der Waals surface area (Å²) in [6.45, 7) is 2.70. The Morgan fingerprint density at radius 1 is 1.53 bits per heavy atom. The first kappa shape index (κ1) is 11.2. The lowest BCUT2D eigenvalue weighted by Gasteiger charge is -2.03. The quantitative estimate of drug-likeness (QED) is 0.246. The van der Waals surface area contributed by atoms with Crippen molar-refractivity contribution in [2.75, 3.05) is 6.61 Å². The van der Waals surface area contributed by atoms with Crippen molar-refractivity contribution in [3.63, 3.8) is 0 Å². The molecule has 0 unspecified atom stereocenters. The molecule has 0 atom stereocenters. The smallest absolute Gasteiger partial charge is 0.232 e. The lowest BCUT2D eigenvalue weighted by molar-refractivity contribution is 0.296. The lowest BCUT2D eigenvalue weighted by atomic mass is 10.4. The number of nitrogens with zero attached hydrogens (tertiary/aromatic N) is 3. The van der Waals surface area contributed by atoms with Crippen LogP contribution in [0.3, 0.4) is 0 Å². The molecule has 0 aliphatic heterocycles. The van der Waals surface area contributed by atoms with Gasteiger partial charge in [-0.1, -0.05) is 18.5 Å². The van der Waals surface area contributed by atoms with E-state index in [0.717, 1.165) is 12.8 Å². The third kappa shape index (κ3) is 3.41. The molecule has 0 bridgehead atoms. The van der Waals surface area contributed by atoms with Crippen molar-refractivity contribution in [3.05, 3.63) is 18.1 Å². The predicted molar refractivity (Wildman–Crippen MR) is 54.9 cm³/mol. The number of amidine groups is 1. The van der Waals surface area contributed by atoms with Crippen LogP contribution in [-0.2, 0) is 0 Å². The summed E-state index contributed by atoms with van der Waals surface area (Å²) in [5.74, 6) is 0.376. The molecule has 1 heterocycles. The van der Waals surface area contributed by atoms with Crippen LogP contribution in [0, 0.1) is 0 Å². The van der Waals surface area contributed by atoms with E-state index in [4.69, 9.17) is 15.7 Å². The van der Waals surface area contributed by atoms with Crippen LogP contribution in [0.1, 0.15) is 25.5 Å². The first-order chi connectivity index (χ1) is 7.27. The minimum Gasteiger partial charge on any atom is -0.477 e. The van der Waals surface area contributed by atoms with Gasteiger partial charge in [0, 0.05) is 0 Å². The second kappa shape index (κ2) is 5.79. The summed E-state index contributed by atoms with van der Waals surface area (Å²) >= 11 is 0. The second-order valence-corrected chi connectivity index (χ2v) is 2.93. The second-order valence-electron chi connectivity index (χ2n) is 2.93. The maximum atomic E-state index is 8.39. The first-order valence-corrected chi connectivity index (χ1v) is 4.70. The number of aromatic nitrogens is 2. The molecule has 6 nitrogen and oxygen atoms in total. The van der Waals surface area contributed by atoms with Crippen molar-refractivity contribution in [2.45, 2.75) is 19.8 Å². The summed E-state index contributed by atoms with van der Waals surface area (Å²) in [4.78, 5) is 7.89. The molecule has 0 amide bonds. The minimum atomic E-state index is -0.0670. The van der Waals surface area contributed by atoms with Crippen LogP contribution < -0.4 is 10.5 Å². The van der Waals surface area contributed by atoms with E-state index in [1.54, 1.807) is 0 Å². The van der Waals surface area contributed by atoms with Crippen molar-refractivity contribution in [1.82, 2.24) is 9.97 Å². The third-order valence-electron chi connectivity index (χ3n) is 1.75. The van der Waals surface area contributed by atoms with E-state index in [0.29, 0.717) is 18.2 Å². The van der Waals surface area contributed by atoms with E-state index in [-0.39, 0.29) is 5.84 Å². The predicted octanol–water partition coefficient (Wildman–Crippen LogP) is 0.750. The van der Waals surface area contributed by atoms with E-state index in [9.17, 15) is 0 Å². The van der Waals surface area contributed by atoms with Gasteiger partial charge >= 0.3 is 0 Å². The molecule has 6 heteroatoms. The van der Waals surface area contributed by atoms with E-state index in [1.165, 1.54) is 12.4 Å². The Hall–Kier alpha value is -1.85. The van der Waals surface area contributed by atoms with Gasteiger partial charge in [0.2, 0.25) is 5.88 Å². The Bertz CT molecular complexity index is 323. The normalized spacial score (nSPS) is 11.4. The van der Waals surface area contributed by atoms with Crippen LogP contribution >= 0.6 is 0 Å². The molecule has 0 aromatic carbocycles. The summed E-state index contributed by atoms with van der Waals surface area (Å²) in [7, 11) is 0. The van der Waals surface area contributed by atoms with E-state index in [1.807, 2.05) is 0 Å². The Labute approximate surface area is 87.8 Å². The van der Waals surface area contributed by atoms with E-state index < -0.39 is 0 Å². The average molecular weight is 210 g/mol. The molecule has 3 N–H and O–H groups in total. The van der Waals surface area contributed by atoms with Gasteiger partial charge in [-0.25, -0.2) is 9.97 Å². The summed E-state index contributed by atoms with van der Waals surface area (Å²) in [5.41, 5.74) is 5.64. The van der Waals surface area contributed by atoms with Gasteiger partial charge in [0.25, 0.3) is 0 Å². The molecular formula is C9H14N4O2. The van der Waals surface area contributed by atoms with Gasteiger partial charge in [-0.2, -0.15) is 0 Å². The van der Waals surface area contributed by atoms with Crippen LogP contribution in [0.25, 0.3) is 0 Å². The molecule has 0 aliphatic rings. The number of unbranched alkanes of at least 4 members (excludes halogenated alkanes) is 1. The molecule has 0 fully saturated rings. The van der Waals surface area contributed by atoms with Crippen molar-refractivity contribution in [3.8, 4) is 5.88 Å². The lowest BCUT2D eigenvalue weighted by Crippen LogP contribution is -2.15. The zero-order chi connectivity index (χ0) is 11.1. The maximum absolute atomic E-state index is 8.39. The first-order valence-electron chi connectivity index (χ1n) is 4.70. The molecule has 0 saturated carbocycles. The summed E-state index contributed by atoms with van der Waals surface area (Å²) in [5, 5.41) is 11.2. The standard InChI is InChI=1S/C9H14N4O2/c1-2-3-4-15-8-6-11-7(5-12-8)9(10)13-14/h5-6,14H,2-4H2,1H3,(H2,10,13). The van der Waals surface area contributed by atoms with Gasteiger partial charge in [0.05, 0.1) is 19.0 Å². The molecule has 1 aromatic heterocycles. The Balaban J connectivity index is 2.56. The minimum absolute atomic E-state index is 0.0670. The van der Waals surface area contributed by atoms with E-state index in [2.05, 4.69) is 22.0 Å². The van der Waals surface area contributed by atoms with Crippen molar-refractivity contribution < 1.29 is 9.94 Å². The van der Waals surface area contributed by atoms with Crippen LogP contribution in [0.5, 0.6) is 5.88 Å². The SMILES string of the molecule is CCCCOc1cnc(C(N)=NO)cn1. The zero-order valence-corrected chi connectivity index (χ0v) is 8.55. The average Bonchev–Trinajstić information content (AvgIpc) is 2.29. The molecular weight excluding hydrogens is 196 g/mol. The van der Waals surface area contributed by atoms with Gasteiger partial charge in [-0.15, -0.1) is 0 Å². The third-order valence-corrected chi connectivity index (χ3v) is 1.75. The highest BCUT2D eigenvalue weighted by Gasteiger charge is 2.02. The Morgan fingerprint density at radius 3 is 2.87 bits per heavy atom. The molecule has 0 radical (unpaired) electrons. The van der Waals surface area contributed by atoms with Crippen molar-refractivity contribution in [2.24, 2.45) is 10.9 Å². The topological polar surface area (TPSA) is 93.6 Å². The summed E-state index contributed by atoms with van der Waals surface area (Å²) in [6.07, 6.45) is 4.89. The highest BCUT2D eigenvalue weighted by Crippen LogP contribution is 2.04. The maximum Gasteiger partial charge on any atom is 0.232 e. The molecule has 0 spiro atoms. The number of nitrogens with two attached hydrogens (primary N) is 1. The Morgan fingerprint density at radius 2 is 2.33 bits per heavy atom. The van der Waals surface area contributed by atoms with Crippen LogP contribution in [0.4, 0.5) is 0 Å². The van der Waals surface area contributed by atoms with Gasteiger partial charge in [-0.05, 0) is 6.42 Å². The molecule has 1 rings (SSSR count). The van der Waals surface area contributed by atoms with Crippen LogP contribution in [0.15, 0.2) is 17.5 Å². The van der Waals surface area contributed by atoms with Crippen LogP contribution in [-0.4, -0.2) is 27.6 Å². The fourth-order valence-corrected chi connectivity index (χ4v) is 0.895. The molecule has 82 valence electrons. The summed E-state index contributed by atoms with van der Waals surface area (Å²) in [6, 6.07) is 0. The number of hydrogen-bond donors (Lipinski definition) is 2. The molecule has 1 aromatic rings. The highest BCUT2D eigenvalue weighted by molar-refractivity contribution is 5.94. The van der Waals surface area contributed by atoms with Crippen molar-refractivity contribution in [1.29, 1.82) is 0 Å². The van der Waals surface area contributed by atoms with Gasteiger partial charge in [0.1, 0.15) is 5.69 Å². The largest absolute Gasteiger partial charge is 0.477 e. The number of ether oxygens (including phenoxy) is 1. The number of hydrogen-bond acceptors (Lipinski definition) is 5. The van der Waals surface area contributed by atoms with Gasteiger partial charge in [-0.3, -0.25) is 0 Å². The highest BCUT2D eigenvalue weighted by atomic mass is 16.5. The van der Waals surface area contributed by atoms with Crippen LogP contribution in [0.2, 0.25) is 0 Å². The van der Waals surface area contributed by atoms with Gasteiger partial charge in [0.15, 0.2) is 5.84 Å². The fourth-order valence-electron chi connectivity index (χ4n) is 0.895. The summed E-state index contributed by atoms with van der Waals surface area (Å²) < 4.78 is 5.30. The fraction of sp³-hybridized carbons (Fsp3) is 0.444. The monoisotopic (exact) mass is 210 g/mol.